The first-order valence-electron chi connectivity index (χ1n) is 7.35. The molecule has 5 nitrogen and oxygen atoms in total. The van der Waals surface area contributed by atoms with Crippen molar-refractivity contribution < 1.29 is 5.21 Å². The predicted octanol–water partition coefficient (Wildman–Crippen LogP) is 2.57. The van der Waals surface area contributed by atoms with Crippen molar-refractivity contribution in [2.75, 3.05) is 18.0 Å². The van der Waals surface area contributed by atoms with Crippen LogP contribution in [0.4, 0.5) is 5.82 Å². The van der Waals surface area contributed by atoms with E-state index in [2.05, 4.69) is 17.0 Å². The van der Waals surface area contributed by atoms with Gasteiger partial charge in [-0.15, -0.1) is 0 Å². The topological polar surface area (TPSA) is 74.7 Å². The monoisotopic (exact) mass is 284 g/mol. The molecule has 5 heteroatoms. The second-order valence-corrected chi connectivity index (χ2v) is 5.51. The Morgan fingerprint density at radius 1 is 1.43 bits per heavy atom. The van der Waals surface area contributed by atoms with E-state index >= 15 is 0 Å². The Morgan fingerprint density at radius 3 is 2.86 bits per heavy atom. The standard InChI is InChI=1S/C16H20N4O/c1-2-20(10-11-7-8-11)15-9-13(16(17)19-21)12-5-3-4-6-14(12)18-15/h3-6,9,11,21H,2,7-8,10H2,1H3,(H2,17,19). The molecular formula is C16H20N4O. The van der Waals surface area contributed by atoms with Crippen LogP contribution in [0.2, 0.25) is 0 Å². The molecule has 3 rings (SSSR count). The van der Waals surface area contributed by atoms with Gasteiger partial charge in [-0.2, -0.15) is 0 Å². The minimum Gasteiger partial charge on any atom is -0.409 e. The van der Waals surface area contributed by atoms with Crippen LogP contribution in [0.1, 0.15) is 25.3 Å². The van der Waals surface area contributed by atoms with Crippen LogP contribution in [0, 0.1) is 5.92 Å². The Labute approximate surface area is 124 Å². The molecule has 3 N–H and O–H groups in total. The summed E-state index contributed by atoms with van der Waals surface area (Å²) in [5.41, 5.74) is 7.43. The smallest absolute Gasteiger partial charge is 0.170 e. The molecule has 110 valence electrons. The molecular weight excluding hydrogens is 264 g/mol. The zero-order valence-electron chi connectivity index (χ0n) is 12.2. The quantitative estimate of drug-likeness (QED) is 0.383. The molecule has 21 heavy (non-hydrogen) atoms. The van der Waals surface area contributed by atoms with Gasteiger partial charge in [-0.25, -0.2) is 4.98 Å². The molecule has 2 aromatic rings. The van der Waals surface area contributed by atoms with Gasteiger partial charge in [0.25, 0.3) is 0 Å². The lowest BCUT2D eigenvalue weighted by Gasteiger charge is -2.23. The molecule has 1 aromatic heterocycles. The maximum Gasteiger partial charge on any atom is 0.170 e. The molecule has 0 saturated heterocycles. The highest BCUT2D eigenvalue weighted by molar-refractivity contribution is 6.08. The Hall–Kier alpha value is -2.30. The maximum absolute atomic E-state index is 9.02. The first kappa shape index (κ1) is 13.7. The summed E-state index contributed by atoms with van der Waals surface area (Å²) >= 11 is 0. The lowest BCUT2D eigenvalue weighted by molar-refractivity contribution is 0.318. The van der Waals surface area contributed by atoms with Gasteiger partial charge in [-0.05, 0) is 37.8 Å². The van der Waals surface area contributed by atoms with Crippen LogP contribution in [0.15, 0.2) is 35.5 Å². The summed E-state index contributed by atoms with van der Waals surface area (Å²) in [5, 5.41) is 13.1. The van der Waals surface area contributed by atoms with Gasteiger partial charge in [-0.1, -0.05) is 23.4 Å². The zero-order valence-corrected chi connectivity index (χ0v) is 12.2. The number of benzene rings is 1. The van der Waals surface area contributed by atoms with Gasteiger partial charge in [0, 0.05) is 24.0 Å². The highest BCUT2D eigenvalue weighted by Gasteiger charge is 2.25. The van der Waals surface area contributed by atoms with Gasteiger partial charge >= 0.3 is 0 Å². The number of rotatable bonds is 5. The highest BCUT2D eigenvalue weighted by Crippen LogP contribution is 2.32. The van der Waals surface area contributed by atoms with Crippen molar-refractivity contribution in [3.63, 3.8) is 0 Å². The third kappa shape index (κ3) is 2.77. The fourth-order valence-electron chi connectivity index (χ4n) is 2.59. The SMILES string of the molecule is CCN(CC1CC1)c1cc(C(N)=NO)c2ccccc2n1. The van der Waals surface area contributed by atoms with E-state index in [9.17, 15) is 0 Å². The van der Waals surface area contributed by atoms with Gasteiger partial charge in [0.1, 0.15) is 5.82 Å². The summed E-state index contributed by atoms with van der Waals surface area (Å²) in [5.74, 6) is 1.80. The first-order chi connectivity index (χ1) is 10.2. The van der Waals surface area contributed by atoms with Crippen LogP contribution in [-0.2, 0) is 0 Å². The van der Waals surface area contributed by atoms with Crippen LogP contribution in [-0.4, -0.2) is 29.1 Å². The summed E-state index contributed by atoms with van der Waals surface area (Å²) in [6, 6.07) is 9.70. The van der Waals surface area contributed by atoms with E-state index in [1.807, 2.05) is 30.3 Å². The third-order valence-corrected chi connectivity index (χ3v) is 3.97. The van der Waals surface area contributed by atoms with E-state index in [-0.39, 0.29) is 5.84 Å². The number of hydrogen-bond donors (Lipinski definition) is 2. The van der Waals surface area contributed by atoms with Gasteiger partial charge in [0.15, 0.2) is 5.84 Å². The molecule has 1 aliphatic carbocycles. The number of hydrogen-bond acceptors (Lipinski definition) is 4. The maximum atomic E-state index is 9.02. The molecule has 0 unspecified atom stereocenters. The van der Waals surface area contributed by atoms with Crippen LogP contribution < -0.4 is 10.6 Å². The molecule has 1 heterocycles. The van der Waals surface area contributed by atoms with E-state index in [1.54, 1.807) is 0 Å². The van der Waals surface area contributed by atoms with Crippen molar-refractivity contribution in [2.24, 2.45) is 16.8 Å². The molecule has 0 atom stereocenters. The Bertz CT molecular complexity index is 679. The number of oxime groups is 1. The van der Waals surface area contributed by atoms with Crippen molar-refractivity contribution in [3.05, 3.63) is 35.9 Å². The van der Waals surface area contributed by atoms with Crippen LogP contribution in [0.5, 0.6) is 0 Å². The van der Waals surface area contributed by atoms with E-state index in [0.29, 0.717) is 0 Å². The number of para-hydroxylation sites is 1. The minimum absolute atomic E-state index is 0.123. The van der Waals surface area contributed by atoms with E-state index in [4.69, 9.17) is 15.9 Å². The molecule has 0 amide bonds. The summed E-state index contributed by atoms with van der Waals surface area (Å²) in [7, 11) is 0. The third-order valence-electron chi connectivity index (χ3n) is 3.97. The second-order valence-electron chi connectivity index (χ2n) is 5.51. The summed E-state index contributed by atoms with van der Waals surface area (Å²) in [6.07, 6.45) is 2.61. The number of nitrogens with zero attached hydrogens (tertiary/aromatic N) is 3. The van der Waals surface area contributed by atoms with Crippen LogP contribution in [0.3, 0.4) is 0 Å². The molecule has 1 saturated carbocycles. The second kappa shape index (κ2) is 5.60. The fraction of sp³-hybridized carbons (Fsp3) is 0.375. The van der Waals surface area contributed by atoms with Gasteiger partial charge in [-0.3, -0.25) is 0 Å². The van der Waals surface area contributed by atoms with Crippen molar-refractivity contribution in [1.29, 1.82) is 0 Å². The first-order valence-corrected chi connectivity index (χ1v) is 7.35. The molecule has 0 bridgehead atoms. The fourth-order valence-corrected chi connectivity index (χ4v) is 2.59. The zero-order chi connectivity index (χ0) is 14.8. The summed E-state index contributed by atoms with van der Waals surface area (Å²) in [4.78, 5) is 7.00. The van der Waals surface area contributed by atoms with Gasteiger partial charge in [0.2, 0.25) is 0 Å². The van der Waals surface area contributed by atoms with E-state index < -0.39 is 0 Å². The minimum atomic E-state index is 0.123. The number of pyridine rings is 1. The van der Waals surface area contributed by atoms with Gasteiger partial charge < -0.3 is 15.8 Å². The van der Waals surface area contributed by atoms with Gasteiger partial charge in [0.05, 0.1) is 5.52 Å². The van der Waals surface area contributed by atoms with E-state index in [1.165, 1.54) is 12.8 Å². The average molecular weight is 284 g/mol. The normalized spacial score (nSPS) is 15.4. The Balaban J connectivity index is 2.10. The van der Waals surface area contributed by atoms with E-state index in [0.717, 1.165) is 41.3 Å². The Morgan fingerprint density at radius 2 is 2.19 bits per heavy atom. The van der Waals surface area contributed by atoms with Crippen LogP contribution in [0.25, 0.3) is 10.9 Å². The van der Waals surface area contributed by atoms with Crippen molar-refractivity contribution in [3.8, 4) is 0 Å². The number of aromatic nitrogens is 1. The largest absolute Gasteiger partial charge is 0.409 e. The number of anilines is 1. The molecule has 0 aliphatic heterocycles. The summed E-state index contributed by atoms with van der Waals surface area (Å²) in [6.45, 7) is 4.05. The average Bonchev–Trinajstić information content (AvgIpc) is 3.34. The molecule has 1 aliphatic rings. The number of fused-ring (bicyclic) bond motifs is 1. The van der Waals surface area contributed by atoms with Crippen molar-refractivity contribution in [2.45, 2.75) is 19.8 Å². The number of amidine groups is 1. The molecule has 0 radical (unpaired) electrons. The highest BCUT2D eigenvalue weighted by atomic mass is 16.4. The predicted molar refractivity (Wildman–Crippen MR) is 84.9 cm³/mol. The van der Waals surface area contributed by atoms with Crippen molar-refractivity contribution in [1.82, 2.24) is 4.98 Å². The lowest BCUT2D eigenvalue weighted by atomic mass is 10.1. The molecule has 1 fully saturated rings. The lowest BCUT2D eigenvalue weighted by Crippen LogP contribution is -2.27. The van der Waals surface area contributed by atoms with Crippen molar-refractivity contribution >= 4 is 22.6 Å². The Kier molecular flexibility index (Phi) is 3.64. The van der Waals surface area contributed by atoms with Crippen LogP contribution >= 0.6 is 0 Å². The molecule has 1 aromatic carbocycles. The molecule has 0 spiro atoms. The number of nitrogens with two attached hydrogens (primary N) is 1. The summed E-state index contributed by atoms with van der Waals surface area (Å²) < 4.78 is 0.